The number of amides is 1. The van der Waals surface area contributed by atoms with Crippen molar-refractivity contribution < 1.29 is 22.0 Å². The topological polar surface area (TPSA) is 101 Å². The second-order valence-corrected chi connectivity index (χ2v) is 10.2. The van der Waals surface area contributed by atoms with Crippen molar-refractivity contribution in [1.29, 1.82) is 0 Å². The Bertz CT molecular complexity index is 1140. The quantitative estimate of drug-likeness (QED) is 0.593. The van der Waals surface area contributed by atoms with Crippen LogP contribution in [-0.2, 0) is 16.4 Å². The molecule has 1 atom stereocenters. The molecule has 1 heterocycles. The summed E-state index contributed by atoms with van der Waals surface area (Å²) in [7, 11) is -3.33. The molecule has 2 aromatic rings. The number of hydrogen-bond acceptors (Lipinski definition) is 6. The van der Waals surface area contributed by atoms with Crippen molar-refractivity contribution in [2.24, 2.45) is 5.92 Å². The minimum atomic E-state index is -3.33. The highest BCUT2D eigenvalue weighted by atomic mass is 32.2. The average Bonchev–Trinajstić information content (AvgIpc) is 3.62. The minimum absolute atomic E-state index is 0.00967. The largest absolute Gasteiger partial charge is 0.364 e. The number of halogens is 2. The van der Waals surface area contributed by atoms with Crippen molar-refractivity contribution in [2.75, 3.05) is 11.6 Å². The molecule has 4 rings (SSSR count). The molecule has 0 radical (unpaired) electrons. The zero-order chi connectivity index (χ0) is 22.9. The number of rotatable bonds is 9. The van der Waals surface area contributed by atoms with E-state index in [-0.39, 0.29) is 35.5 Å². The van der Waals surface area contributed by atoms with E-state index < -0.39 is 33.4 Å². The molecule has 2 saturated carbocycles. The van der Waals surface area contributed by atoms with Crippen LogP contribution in [0.2, 0.25) is 0 Å². The standard InChI is InChI=1S/C22H24F2N4O3S/c1-32(30,31)10-9-18(13-5-6-13)28-22(29)20-21(27-19(12-25-20)14-7-8-14)26-11-15-16(23)3-2-4-17(15)24/h2-4,9-10,12-14,18H,5-8,11H2,1H3,(H,26,27)(H,28,29)/b10-9+/t18-/m1/s1. The van der Waals surface area contributed by atoms with Crippen LogP contribution in [0.5, 0.6) is 0 Å². The molecule has 170 valence electrons. The number of carbonyl (C=O) groups is 1. The summed E-state index contributed by atoms with van der Waals surface area (Å²) in [4.78, 5) is 21.8. The van der Waals surface area contributed by atoms with E-state index in [0.717, 1.165) is 49.5 Å². The Hall–Kier alpha value is -2.88. The van der Waals surface area contributed by atoms with Gasteiger partial charge >= 0.3 is 0 Å². The molecule has 0 saturated heterocycles. The van der Waals surface area contributed by atoms with Gasteiger partial charge in [-0.15, -0.1) is 0 Å². The number of nitrogens with zero attached hydrogens (tertiary/aromatic N) is 2. The predicted molar refractivity (Wildman–Crippen MR) is 116 cm³/mol. The van der Waals surface area contributed by atoms with Crippen LogP contribution in [0.15, 0.2) is 35.9 Å². The summed E-state index contributed by atoms with van der Waals surface area (Å²) in [5, 5.41) is 6.76. The number of sulfone groups is 1. The lowest BCUT2D eigenvalue weighted by Gasteiger charge is -2.16. The van der Waals surface area contributed by atoms with Crippen LogP contribution < -0.4 is 10.6 Å². The second-order valence-electron chi connectivity index (χ2n) is 8.31. The van der Waals surface area contributed by atoms with Gasteiger partial charge in [0.05, 0.1) is 11.7 Å². The highest BCUT2D eigenvalue weighted by molar-refractivity contribution is 7.93. The van der Waals surface area contributed by atoms with E-state index in [1.165, 1.54) is 12.1 Å². The van der Waals surface area contributed by atoms with Crippen molar-refractivity contribution in [1.82, 2.24) is 15.3 Å². The molecular formula is C22H24F2N4O3S. The van der Waals surface area contributed by atoms with Crippen molar-refractivity contribution in [3.8, 4) is 0 Å². The Labute approximate surface area is 185 Å². The highest BCUT2D eigenvalue weighted by Crippen LogP contribution is 2.39. The Morgan fingerprint density at radius 3 is 2.50 bits per heavy atom. The van der Waals surface area contributed by atoms with Crippen molar-refractivity contribution >= 4 is 21.6 Å². The molecule has 2 N–H and O–H groups in total. The Kier molecular flexibility index (Phi) is 6.23. The molecule has 10 heteroatoms. The zero-order valence-corrected chi connectivity index (χ0v) is 18.3. The van der Waals surface area contributed by atoms with Gasteiger partial charge in [-0.25, -0.2) is 27.2 Å². The van der Waals surface area contributed by atoms with Gasteiger partial charge in [-0.3, -0.25) is 4.79 Å². The summed E-state index contributed by atoms with van der Waals surface area (Å²) in [6, 6.07) is 3.14. The van der Waals surface area contributed by atoms with Gasteiger partial charge in [0.1, 0.15) is 11.6 Å². The van der Waals surface area contributed by atoms with Gasteiger partial charge in [-0.2, -0.15) is 0 Å². The van der Waals surface area contributed by atoms with Crippen LogP contribution in [0, 0.1) is 17.6 Å². The molecule has 2 fully saturated rings. The maximum Gasteiger partial charge on any atom is 0.274 e. The first-order valence-corrected chi connectivity index (χ1v) is 12.4. The summed E-state index contributed by atoms with van der Waals surface area (Å²) < 4.78 is 51.0. The number of aromatic nitrogens is 2. The van der Waals surface area contributed by atoms with Crippen molar-refractivity contribution in [2.45, 2.75) is 44.2 Å². The monoisotopic (exact) mass is 462 g/mol. The van der Waals surface area contributed by atoms with Crippen molar-refractivity contribution in [3.63, 3.8) is 0 Å². The van der Waals surface area contributed by atoms with Crippen LogP contribution >= 0.6 is 0 Å². The van der Waals surface area contributed by atoms with Gasteiger partial charge in [0.15, 0.2) is 21.3 Å². The molecule has 7 nitrogen and oxygen atoms in total. The molecule has 0 unspecified atom stereocenters. The lowest BCUT2D eigenvalue weighted by molar-refractivity contribution is 0.0936. The Morgan fingerprint density at radius 2 is 1.91 bits per heavy atom. The zero-order valence-electron chi connectivity index (χ0n) is 17.5. The Morgan fingerprint density at radius 1 is 1.22 bits per heavy atom. The molecule has 32 heavy (non-hydrogen) atoms. The first kappa shape index (κ1) is 22.3. The number of hydrogen-bond donors (Lipinski definition) is 2. The van der Waals surface area contributed by atoms with Gasteiger partial charge in [0, 0.05) is 35.9 Å². The van der Waals surface area contributed by atoms with Crippen LogP contribution in [0.25, 0.3) is 0 Å². The van der Waals surface area contributed by atoms with E-state index in [4.69, 9.17) is 0 Å². The van der Waals surface area contributed by atoms with Crippen LogP contribution in [0.1, 0.15) is 53.3 Å². The van der Waals surface area contributed by atoms with Gasteiger partial charge in [0.2, 0.25) is 0 Å². The average molecular weight is 463 g/mol. The molecule has 0 bridgehead atoms. The predicted octanol–water partition coefficient (Wildman–Crippen LogP) is 3.31. The van der Waals surface area contributed by atoms with Crippen LogP contribution in [-0.4, -0.2) is 36.6 Å². The third kappa shape index (κ3) is 5.67. The molecular weight excluding hydrogens is 438 g/mol. The fraction of sp³-hybridized carbons (Fsp3) is 0.409. The fourth-order valence-corrected chi connectivity index (χ4v) is 3.82. The molecule has 1 amide bonds. The van der Waals surface area contributed by atoms with E-state index >= 15 is 0 Å². The molecule has 0 spiro atoms. The third-order valence-electron chi connectivity index (χ3n) is 5.46. The van der Waals surface area contributed by atoms with E-state index in [1.54, 1.807) is 6.20 Å². The van der Waals surface area contributed by atoms with E-state index in [2.05, 4.69) is 20.6 Å². The smallest absolute Gasteiger partial charge is 0.274 e. The fourth-order valence-electron chi connectivity index (χ4n) is 3.37. The van der Waals surface area contributed by atoms with Gasteiger partial charge in [-0.05, 0) is 43.7 Å². The maximum absolute atomic E-state index is 14.0. The van der Waals surface area contributed by atoms with Crippen LogP contribution in [0.3, 0.4) is 0 Å². The first-order chi connectivity index (χ1) is 15.2. The molecule has 1 aromatic heterocycles. The highest BCUT2D eigenvalue weighted by Gasteiger charge is 2.32. The number of anilines is 1. The second kappa shape index (κ2) is 8.93. The normalized spacial score (nSPS) is 17.3. The van der Waals surface area contributed by atoms with Crippen LogP contribution in [0.4, 0.5) is 14.6 Å². The summed E-state index contributed by atoms with van der Waals surface area (Å²) in [6.45, 7) is -0.207. The molecule has 2 aliphatic carbocycles. The van der Waals surface area contributed by atoms with E-state index in [1.807, 2.05) is 0 Å². The molecule has 0 aliphatic heterocycles. The van der Waals surface area contributed by atoms with Crippen molar-refractivity contribution in [3.05, 3.63) is 64.5 Å². The number of benzene rings is 1. The minimum Gasteiger partial charge on any atom is -0.364 e. The Balaban J connectivity index is 1.57. The molecule has 2 aliphatic rings. The molecule has 1 aromatic carbocycles. The maximum atomic E-state index is 14.0. The summed E-state index contributed by atoms with van der Waals surface area (Å²) in [6.07, 6.45) is 7.80. The lowest BCUT2D eigenvalue weighted by Crippen LogP contribution is -2.36. The summed E-state index contributed by atoms with van der Waals surface area (Å²) in [5.41, 5.74) is 0.544. The van der Waals surface area contributed by atoms with E-state index in [9.17, 15) is 22.0 Å². The first-order valence-electron chi connectivity index (χ1n) is 10.4. The van der Waals surface area contributed by atoms with E-state index in [0.29, 0.717) is 5.69 Å². The van der Waals surface area contributed by atoms with Gasteiger partial charge < -0.3 is 10.6 Å². The summed E-state index contributed by atoms with van der Waals surface area (Å²) in [5.74, 6) is -1.38. The van der Waals surface area contributed by atoms with Gasteiger partial charge in [-0.1, -0.05) is 12.1 Å². The SMILES string of the molecule is CS(=O)(=O)/C=C/[C@@H](NC(=O)c1ncc(C2CC2)nc1NCc1c(F)cccc1F)C1CC1. The number of nitrogens with one attached hydrogen (secondary N) is 2. The lowest BCUT2D eigenvalue weighted by atomic mass is 10.1. The van der Waals surface area contributed by atoms with Gasteiger partial charge in [0.25, 0.3) is 5.91 Å². The summed E-state index contributed by atoms with van der Waals surface area (Å²) >= 11 is 0. The third-order valence-corrected chi connectivity index (χ3v) is 6.11. The number of carbonyl (C=O) groups excluding carboxylic acids is 1.